The second-order valence-electron chi connectivity index (χ2n) is 7.49. The van der Waals surface area contributed by atoms with E-state index in [-0.39, 0.29) is 11.7 Å². The first kappa shape index (κ1) is 18.5. The van der Waals surface area contributed by atoms with Crippen molar-refractivity contribution >= 4 is 28.5 Å². The van der Waals surface area contributed by atoms with Crippen molar-refractivity contribution in [1.29, 1.82) is 0 Å². The maximum absolute atomic E-state index is 14.7. The van der Waals surface area contributed by atoms with Crippen LogP contribution >= 0.6 is 0 Å². The Morgan fingerprint density at radius 1 is 1.11 bits per heavy atom. The van der Waals surface area contributed by atoms with Crippen molar-refractivity contribution in [1.82, 2.24) is 4.90 Å². The van der Waals surface area contributed by atoms with Gasteiger partial charge in [-0.05, 0) is 38.1 Å². The lowest BCUT2D eigenvalue weighted by Crippen LogP contribution is -2.49. The van der Waals surface area contributed by atoms with E-state index >= 15 is 0 Å². The number of hydrogen-bond acceptors (Lipinski definition) is 4. The Labute approximate surface area is 164 Å². The van der Waals surface area contributed by atoms with Crippen LogP contribution in [0.2, 0.25) is 0 Å². The van der Waals surface area contributed by atoms with E-state index in [0.29, 0.717) is 23.0 Å². The summed E-state index contributed by atoms with van der Waals surface area (Å²) in [4.78, 5) is 16.6. The Kier molecular flexibility index (Phi) is 5.05. The molecular weight excluding hydrogens is 355 g/mol. The molecule has 0 aromatic heterocycles. The third-order valence-corrected chi connectivity index (χ3v) is 5.43. The highest BCUT2D eigenvalue weighted by molar-refractivity contribution is 6.31. The Bertz CT molecular complexity index is 917. The highest BCUT2D eigenvalue weighted by Gasteiger charge is 2.24. The normalized spacial score (nSPS) is 18.5. The van der Waals surface area contributed by atoms with Gasteiger partial charge in [0.05, 0.1) is 11.3 Å². The Balaban J connectivity index is 1.46. The lowest BCUT2D eigenvalue weighted by Gasteiger charge is -2.38. The summed E-state index contributed by atoms with van der Waals surface area (Å²) in [6, 6.07) is 13.2. The number of carbonyl (C=O) groups excluding carboxylic acids is 1. The number of para-hydroxylation sites is 1. The van der Waals surface area contributed by atoms with Crippen LogP contribution in [0.25, 0.3) is 5.57 Å². The van der Waals surface area contributed by atoms with Crippen LogP contribution in [0.3, 0.4) is 0 Å². The maximum atomic E-state index is 14.7. The number of nitrogens with one attached hydrogen (secondary N) is 2. The molecule has 28 heavy (non-hydrogen) atoms. The molecule has 0 unspecified atom stereocenters. The van der Waals surface area contributed by atoms with Gasteiger partial charge in [0.2, 0.25) is 0 Å². The molecule has 2 aliphatic rings. The zero-order valence-corrected chi connectivity index (χ0v) is 16.2. The summed E-state index contributed by atoms with van der Waals surface area (Å²) in [6.45, 7) is 7.91. The molecule has 6 heteroatoms. The molecule has 5 nitrogen and oxygen atoms in total. The van der Waals surface area contributed by atoms with Crippen molar-refractivity contribution in [2.45, 2.75) is 19.9 Å². The van der Waals surface area contributed by atoms with E-state index < -0.39 is 0 Å². The van der Waals surface area contributed by atoms with Gasteiger partial charge in [-0.15, -0.1) is 0 Å². The molecule has 2 aromatic carbocycles. The zero-order chi connectivity index (χ0) is 19.7. The van der Waals surface area contributed by atoms with Crippen molar-refractivity contribution in [3.8, 4) is 0 Å². The number of nitrogens with zero attached hydrogens (tertiary/aromatic N) is 2. The van der Waals surface area contributed by atoms with Gasteiger partial charge in [-0.3, -0.25) is 9.69 Å². The van der Waals surface area contributed by atoms with Crippen molar-refractivity contribution in [2.24, 2.45) is 0 Å². The van der Waals surface area contributed by atoms with Gasteiger partial charge in [-0.25, -0.2) is 4.39 Å². The van der Waals surface area contributed by atoms with Crippen LogP contribution in [0.4, 0.5) is 21.5 Å². The van der Waals surface area contributed by atoms with Gasteiger partial charge in [-0.2, -0.15) is 0 Å². The fourth-order valence-electron chi connectivity index (χ4n) is 3.77. The molecule has 0 bridgehead atoms. The molecule has 2 N–H and O–H groups in total. The largest absolute Gasteiger partial charge is 0.367 e. The summed E-state index contributed by atoms with van der Waals surface area (Å²) < 4.78 is 14.7. The molecule has 2 heterocycles. The van der Waals surface area contributed by atoms with Crippen LogP contribution in [0.5, 0.6) is 0 Å². The zero-order valence-electron chi connectivity index (χ0n) is 16.2. The molecule has 0 saturated carbocycles. The average Bonchev–Trinajstić information content (AvgIpc) is 3.01. The molecule has 0 aliphatic carbocycles. The second kappa shape index (κ2) is 7.64. The van der Waals surface area contributed by atoms with Gasteiger partial charge in [0.25, 0.3) is 5.91 Å². The molecule has 1 fully saturated rings. The molecule has 0 spiro atoms. The van der Waals surface area contributed by atoms with Gasteiger partial charge in [0.1, 0.15) is 5.82 Å². The minimum absolute atomic E-state index is 0.159. The molecule has 0 atom stereocenters. The van der Waals surface area contributed by atoms with E-state index in [1.165, 1.54) is 6.07 Å². The number of anilines is 3. The third kappa shape index (κ3) is 3.60. The molecule has 2 aliphatic heterocycles. The number of fused-ring (bicyclic) bond motifs is 1. The highest BCUT2D eigenvalue weighted by atomic mass is 19.1. The topological polar surface area (TPSA) is 47.6 Å². The first-order chi connectivity index (χ1) is 13.5. The van der Waals surface area contributed by atoms with Gasteiger partial charge in [0, 0.05) is 55.4 Å². The van der Waals surface area contributed by atoms with E-state index in [9.17, 15) is 9.18 Å². The molecule has 1 saturated heterocycles. The van der Waals surface area contributed by atoms with E-state index in [1.807, 2.05) is 36.4 Å². The van der Waals surface area contributed by atoms with E-state index in [2.05, 4.69) is 34.3 Å². The Morgan fingerprint density at radius 3 is 2.57 bits per heavy atom. The summed E-state index contributed by atoms with van der Waals surface area (Å²) >= 11 is 0. The number of piperazine rings is 1. The summed E-state index contributed by atoms with van der Waals surface area (Å²) in [7, 11) is 0. The molecule has 2 aromatic rings. The van der Waals surface area contributed by atoms with Crippen LogP contribution < -0.4 is 15.5 Å². The van der Waals surface area contributed by atoms with Crippen LogP contribution in [0.15, 0.2) is 48.7 Å². The lowest BCUT2D eigenvalue weighted by molar-refractivity contribution is -0.110. The minimum atomic E-state index is -0.252. The number of hydrogen-bond donors (Lipinski definition) is 2. The average molecular weight is 380 g/mol. The smallest absolute Gasteiger partial charge is 0.257 e. The first-order valence-electron chi connectivity index (χ1n) is 9.69. The quantitative estimate of drug-likeness (QED) is 0.793. The molecular formula is C22H25FN4O. The molecule has 1 amide bonds. The van der Waals surface area contributed by atoms with Crippen molar-refractivity contribution in [3.05, 3.63) is 60.0 Å². The Hall–Kier alpha value is -2.86. The second-order valence-corrected chi connectivity index (χ2v) is 7.49. The van der Waals surface area contributed by atoms with E-state index in [0.717, 1.165) is 37.4 Å². The number of halogens is 1. The van der Waals surface area contributed by atoms with E-state index in [1.54, 1.807) is 6.20 Å². The maximum Gasteiger partial charge on any atom is 0.257 e. The summed E-state index contributed by atoms with van der Waals surface area (Å²) in [5, 5.41) is 5.89. The van der Waals surface area contributed by atoms with Gasteiger partial charge >= 0.3 is 0 Å². The highest BCUT2D eigenvalue weighted by Crippen LogP contribution is 2.31. The summed E-state index contributed by atoms with van der Waals surface area (Å²) in [5.41, 5.74) is 3.44. The van der Waals surface area contributed by atoms with Crippen molar-refractivity contribution in [2.75, 3.05) is 41.7 Å². The van der Waals surface area contributed by atoms with Gasteiger partial charge in [-0.1, -0.05) is 18.2 Å². The van der Waals surface area contributed by atoms with Crippen molar-refractivity contribution < 1.29 is 9.18 Å². The lowest BCUT2D eigenvalue weighted by atomic mass is 10.1. The van der Waals surface area contributed by atoms with Crippen molar-refractivity contribution in [3.63, 3.8) is 0 Å². The number of amides is 1. The standard InChI is InChI=1S/C22H25FN4O/c1-15(2)26-9-11-27(12-10-26)21-8-7-16(13-19(21)23)24-14-18-17-5-3-4-6-20(17)25-22(18)28/h3-8,13-15,24H,9-12H2,1-2H3,(H,25,28)/b18-14+. The summed E-state index contributed by atoms with van der Waals surface area (Å²) in [5.74, 6) is -0.411. The third-order valence-electron chi connectivity index (χ3n) is 5.43. The fourth-order valence-corrected chi connectivity index (χ4v) is 3.77. The van der Waals surface area contributed by atoms with Crippen LogP contribution in [0, 0.1) is 5.82 Å². The van der Waals surface area contributed by atoms with Gasteiger partial charge in [0.15, 0.2) is 0 Å². The predicted molar refractivity (Wildman–Crippen MR) is 112 cm³/mol. The monoisotopic (exact) mass is 380 g/mol. The summed E-state index contributed by atoms with van der Waals surface area (Å²) in [6.07, 6.45) is 1.64. The van der Waals surface area contributed by atoms with E-state index in [4.69, 9.17) is 0 Å². The minimum Gasteiger partial charge on any atom is -0.367 e. The Morgan fingerprint density at radius 2 is 1.86 bits per heavy atom. The van der Waals surface area contributed by atoms with Crippen LogP contribution in [0.1, 0.15) is 19.4 Å². The SMILES string of the molecule is CC(C)N1CCN(c2ccc(N/C=C3/C(=O)Nc4ccccc43)cc2F)CC1. The number of benzene rings is 2. The predicted octanol–water partition coefficient (Wildman–Crippen LogP) is 3.76. The molecule has 4 rings (SSSR count). The number of rotatable bonds is 4. The molecule has 0 radical (unpaired) electrons. The van der Waals surface area contributed by atoms with Crippen LogP contribution in [-0.4, -0.2) is 43.0 Å². The fraction of sp³-hybridized carbons (Fsp3) is 0.318. The first-order valence-corrected chi connectivity index (χ1v) is 9.69. The number of carbonyl (C=O) groups is 1. The molecule has 146 valence electrons. The van der Waals surface area contributed by atoms with Crippen LogP contribution in [-0.2, 0) is 4.79 Å². The van der Waals surface area contributed by atoms with Gasteiger partial charge < -0.3 is 15.5 Å².